The standard InChI is InChI=1S/C16H24N4O2.ClH/c1-5-20(16-19-18-15(22-16)11-17-4)6-7-21-14-9-12(2)8-13(3)10-14;/h8-10,17H,5-7,11H2,1-4H3;1H. The van der Waals surface area contributed by atoms with Crippen LogP contribution in [0.15, 0.2) is 22.6 Å². The molecule has 1 aromatic heterocycles. The molecule has 0 aliphatic heterocycles. The van der Waals surface area contributed by atoms with Gasteiger partial charge in [-0.1, -0.05) is 11.2 Å². The fraction of sp³-hybridized carbons (Fsp3) is 0.500. The number of anilines is 1. The molecule has 0 spiro atoms. The highest BCUT2D eigenvalue weighted by atomic mass is 35.5. The minimum atomic E-state index is 0. The van der Waals surface area contributed by atoms with Crippen molar-refractivity contribution < 1.29 is 9.15 Å². The van der Waals surface area contributed by atoms with E-state index in [1.165, 1.54) is 11.1 Å². The molecular weight excluding hydrogens is 316 g/mol. The smallest absolute Gasteiger partial charge is 0.318 e. The quantitative estimate of drug-likeness (QED) is 0.797. The Morgan fingerprint density at radius 2 is 1.87 bits per heavy atom. The van der Waals surface area contributed by atoms with E-state index in [-0.39, 0.29) is 12.4 Å². The van der Waals surface area contributed by atoms with Crippen molar-refractivity contribution in [1.29, 1.82) is 0 Å². The number of nitrogens with zero attached hydrogens (tertiary/aromatic N) is 3. The van der Waals surface area contributed by atoms with Crippen molar-refractivity contribution >= 4 is 18.4 Å². The van der Waals surface area contributed by atoms with E-state index in [4.69, 9.17) is 9.15 Å². The first kappa shape index (κ1) is 19.3. The number of halogens is 1. The van der Waals surface area contributed by atoms with Crippen LogP contribution in [0.5, 0.6) is 5.75 Å². The van der Waals surface area contributed by atoms with Crippen LogP contribution < -0.4 is 15.0 Å². The number of rotatable bonds is 8. The molecule has 1 aromatic carbocycles. The van der Waals surface area contributed by atoms with Crippen molar-refractivity contribution in [2.45, 2.75) is 27.3 Å². The minimum Gasteiger partial charge on any atom is -0.492 e. The summed E-state index contributed by atoms with van der Waals surface area (Å²) in [5, 5.41) is 11.1. The van der Waals surface area contributed by atoms with Gasteiger partial charge in [-0.3, -0.25) is 0 Å². The number of aromatic nitrogens is 2. The van der Waals surface area contributed by atoms with Crippen molar-refractivity contribution in [1.82, 2.24) is 15.5 Å². The molecule has 7 heteroatoms. The Hall–Kier alpha value is -1.79. The average Bonchev–Trinajstić information content (AvgIpc) is 2.91. The molecule has 0 unspecified atom stereocenters. The summed E-state index contributed by atoms with van der Waals surface area (Å²) in [4.78, 5) is 2.01. The normalized spacial score (nSPS) is 10.3. The Bertz CT molecular complexity index is 583. The lowest BCUT2D eigenvalue weighted by Crippen LogP contribution is -2.28. The number of nitrogens with one attached hydrogen (secondary N) is 1. The van der Waals surface area contributed by atoms with Gasteiger partial charge in [0.25, 0.3) is 0 Å². The largest absolute Gasteiger partial charge is 0.492 e. The summed E-state index contributed by atoms with van der Waals surface area (Å²) >= 11 is 0. The van der Waals surface area contributed by atoms with Gasteiger partial charge in [0.05, 0.1) is 13.1 Å². The highest BCUT2D eigenvalue weighted by Crippen LogP contribution is 2.17. The van der Waals surface area contributed by atoms with Crippen molar-refractivity contribution in [2.24, 2.45) is 0 Å². The third kappa shape index (κ3) is 5.73. The highest BCUT2D eigenvalue weighted by molar-refractivity contribution is 5.85. The molecular formula is C16H25ClN4O2. The average molecular weight is 341 g/mol. The SMILES string of the molecule is CCN(CCOc1cc(C)cc(C)c1)c1nnc(CNC)o1.Cl. The maximum Gasteiger partial charge on any atom is 0.318 e. The van der Waals surface area contributed by atoms with Gasteiger partial charge in [0, 0.05) is 6.54 Å². The summed E-state index contributed by atoms with van der Waals surface area (Å²) in [5.74, 6) is 1.49. The first-order valence-electron chi connectivity index (χ1n) is 7.55. The Labute approximate surface area is 143 Å². The molecule has 2 aromatic rings. The fourth-order valence-electron chi connectivity index (χ4n) is 2.27. The number of aryl methyl sites for hydroxylation is 2. The van der Waals surface area contributed by atoms with Crippen LogP contribution in [0.4, 0.5) is 6.01 Å². The van der Waals surface area contributed by atoms with Crippen LogP contribution in [0.25, 0.3) is 0 Å². The van der Waals surface area contributed by atoms with Crippen LogP contribution in [0.1, 0.15) is 23.9 Å². The van der Waals surface area contributed by atoms with E-state index in [0.29, 0.717) is 31.6 Å². The second-order valence-corrected chi connectivity index (χ2v) is 5.26. The third-order valence-corrected chi connectivity index (χ3v) is 3.26. The maximum atomic E-state index is 5.83. The molecule has 0 aliphatic carbocycles. The van der Waals surface area contributed by atoms with Gasteiger partial charge in [-0.15, -0.1) is 17.5 Å². The van der Waals surface area contributed by atoms with Crippen LogP contribution in [0.3, 0.4) is 0 Å². The van der Waals surface area contributed by atoms with E-state index in [0.717, 1.165) is 12.3 Å². The topological polar surface area (TPSA) is 63.4 Å². The Balaban J connectivity index is 0.00000264. The lowest BCUT2D eigenvalue weighted by molar-refractivity contribution is 0.319. The zero-order valence-electron chi connectivity index (χ0n) is 14.1. The summed E-state index contributed by atoms with van der Waals surface area (Å²) in [7, 11) is 1.85. The first-order valence-corrected chi connectivity index (χ1v) is 7.55. The number of hydrogen-bond donors (Lipinski definition) is 1. The summed E-state index contributed by atoms with van der Waals surface area (Å²) in [6.07, 6.45) is 0. The van der Waals surface area contributed by atoms with Crippen LogP contribution in [-0.4, -0.2) is 36.9 Å². The number of ether oxygens (including phenoxy) is 1. The van der Waals surface area contributed by atoms with Crippen molar-refractivity contribution in [3.63, 3.8) is 0 Å². The monoisotopic (exact) mass is 340 g/mol. The lowest BCUT2D eigenvalue weighted by atomic mass is 10.1. The minimum absolute atomic E-state index is 0. The molecule has 0 fully saturated rings. The zero-order chi connectivity index (χ0) is 15.9. The molecule has 0 saturated carbocycles. The van der Waals surface area contributed by atoms with Crippen molar-refractivity contribution in [2.75, 3.05) is 31.6 Å². The second kappa shape index (κ2) is 9.37. The molecule has 0 aliphatic rings. The summed E-state index contributed by atoms with van der Waals surface area (Å²) < 4.78 is 11.4. The third-order valence-electron chi connectivity index (χ3n) is 3.26. The van der Waals surface area contributed by atoms with Gasteiger partial charge in [0.2, 0.25) is 5.89 Å². The van der Waals surface area contributed by atoms with Gasteiger partial charge < -0.3 is 19.4 Å². The van der Waals surface area contributed by atoms with Gasteiger partial charge in [0.1, 0.15) is 12.4 Å². The second-order valence-electron chi connectivity index (χ2n) is 5.26. The molecule has 0 radical (unpaired) electrons. The molecule has 0 saturated heterocycles. The highest BCUT2D eigenvalue weighted by Gasteiger charge is 2.12. The van der Waals surface area contributed by atoms with Gasteiger partial charge >= 0.3 is 6.01 Å². The molecule has 0 amide bonds. The lowest BCUT2D eigenvalue weighted by Gasteiger charge is -2.18. The number of hydrogen-bond acceptors (Lipinski definition) is 6. The van der Waals surface area contributed by atoms with Gasteiger partial charge in [-0.25, -0.2) is 0 Å². The van der Waals surface area contributed by atoms with Crippen LogP contribution in [0, 0.1) is 13.8 Å². The van der Waals surface area contributed by atoms with Crippen LogP contribution in [-0.2, 0) is 6.54 Å². The molecule has 2 rings (SSSR count). The van der Waals surface area contributed by atoms with E-state index < -0.39 is 0 Å². The molecule has 0 bridgehead atoms. The van der Waals surface area contributed by atoms with E-state index >= 15 is 0 Å². The molecule has 0 atom stereocenters. The van der Waals surface area contributed by atoms with Crippen LogP contribution in [0.2, 0.25) is 0 Å². The first-order chi connectivity index (χ1) is 10.6. The van der Waals surface area contributed by atoms with E-state index in [2.05, 4.69) is 42.4 Å². The predicted octanol–water partition coefficient (Wildman–Crippen LogP) is 2.73. The Kier molecular flexibility index (Phi) is 7.85. The van der Waals surface area contributed by atoms with E-state index in [1.54, 1.807) is 0 Å². The zero-order valence-corrected chi connectivity index (χ0v) is 14.9. The van der Waals surface area contributed by atoms with Gasteiger partial charge in [0.15, 0.2) is 0 Å². The molecule has 1 heterocycles. The molecule has 6 nitrogen and oxygen atoms in total. The Morgan fingerprint density at radius 3 is 2.48 bits per heavy atom. The molecule has 1 N–H and O–H groups in total. The number of likely N-dealkylation sites (N-methyl/N-ethyl adjacent to an activating group) is 1. The van der Waals surface area contributed by atoms with E-state index in [1.807, 2.05) is 24.1 Å². The fourth-order valence-corrected chi connectivity index (χ4v) is 2.27. The summed E-state index contributed by atoms with van der Waals surface area (Å²) in [6.45, 7) is 8.82. The van der Waals surface area contributed by atoms with E-state index in [9.17, 15) is 0 Å². The molecule has 23 heavy (non-hydrogen) atoms. The summed E-state index contributed by atoms with van der Waals surface area (Å²) in [6, 6.07) is 6.76. The predicted molar refractivity (Wildman–Crippen MR) is 93.6 cm³/mol. The van der Waals surface area contributed by atoms with Crippen molar-refractivity contribution in [3.8, 4) is 5.75 Å². The van der Waals surface area contributed by atoms with Gasteiger partial charge in [-0.05, 0) is 51.1 Å². The maximum absolute atomic E-state index is 5.83. The molecule has 128 valence electrons. The number of benzene rings is 1. The van der Waals surface area contributed by atoms with Crippen LogP contribution >= 0.6 is 12.4 Å². The van der Waals surface area contributed by atoms with Crippen molar-refractivity contribution in [3.05, 3.63) is 35.2 Å². The van der Waals surface area contributed by atoms with Gasteiger partial charge in [-0.2, -0.15) is 0 Å². The summed E-state index contributed by atoms with van der Waals surface area (Å²) in [5.41, 5.74) is 2.41. The Morgan fingerprint density at radius 1 is 1.17 bits per heavy atom.